The number of para-hydroxylation sites is 3. The molecule has 0 radical (unpaired) electrons. The maximum atomic E-state index is 11.7. The van der Waals surface area contributed by atoms with Crippen LogP contribution >= 0.6 is 0 Å². The average molecular weight is 530 g/mol. The van der Waals surface area contributed by atoms with Crippen LogP contribution in [0.4, 0.5) is 0 Å². The minimum atomic E-state index is 0.0915. The number of aromatic nitrogens is 3. The van der Waals surface area contributed by atoms with Crippen molar-refractivity contribution in [2.75, 3.05) is 0 Å². The first-order chi connectivity index (χ1) is 20.3. The Morgan fingerprint density at radius 3 is 1.85 bits per heavy atom. The fourth-order valence-corrected chi connectivity index (χ4v) is 5.45. The third-order valence-corrected chi connectivity index (χ3v) is 7.41. The van der Waals surface area contributed by atoms with E-state index in [0.717, 1.165) is 50.3 Å². The first kappa shape index (κ1) is 24.6. The molecule has 0 amide bonds. The molecule has 0 saturated heterocycles. The van der Waals surface area contributed by atoms with Gasteiger partial charge in [-0.25, -0.2) is 9.97 Å². The van der Waals surface area contributed by atoms with Crippen LogP contribution in [0.5, 0.6) is 0 Å². The van der Waals surface area contributed by atoms with E-state index >= 15 is 0 Å². The number of rotatable bonds is 6. The van der Waals surface area contributed by atoms with Gasteiger partial charge in [0.25, 0.3) is 0 Å². The number of fused-ring (bicyclic) bond motifs is 4. The number of nitrogens with zero attached hydrogens (tertiary/aromatic N) is 3. The van der Waals surface area contributed by atoms with Crippen molar-refractivity contribution < 1.29 is 5.11 Å². The van der Waals surface area contributed by atoms with Crippen LogP contribution in [0.25, 0.3) is 50.0 Å². The molecule has 1 N–H and O–H groups in total. The van der Waals surface area contributed by atoms with Gasteiger partial charge in [0.05, 0.1) is 16.6 Å². The normalized spacial score (nSPS) is 12.4. The Kier molecular flexibility index (Phi) is 6.34. The van der Waals surface area contributed by atoms with Gasteiger partial charge in [0.1, 0.15) is 11.5 Å². The fraction of sp³-hybridized carbons (Fsp3) is 0.0270. The SMILES string of the molecule is O/C(=C\C(=C/Cc1ccccc1)c1ccccc1)c1nc(-n2c3ccccc3c3ccccc32)nc2ccccc12. The van der Waals surface area contributed by atoms with Crippen LogP contribution in [0, 0.1) is 0 Å². The lowest BCUT2D eigenvalue weighted by atomic mass is 10.0. The van der Waals surface area contributed by atoms with E-state index in [1.165, 1.54) is 5.56 Å². The lowest BCUT2D eigenvalue weighted by Gasteiger charge is -2.12. The molecular formula is C37H27N3O. The van der Waals surface area contributed by atoms with Gasteiger partial charge in [-0.05, 0) is 47.4 Å². The predicted octanol–water partition coefficient (Wildman–Crippen LogP) is 8.95. The highest BCUT2D eigenvalue weighted by Crippen LogP contribution is 2.32. The van der Waals surface area contributed by atoms with Crippen molar-refractivity contribution in [2.45, 2.75) is 6.42 Å². The standard InChI is InChI=1S/C37H27N3O/c41-35(25-28(27-15-5-2-6-16-27)24-23-26-13-3-1-4-14-26)36-31-19-7-10-20-32(31)38-37(39-36)40-33-21-11-8-17-29(33)30-18-9-12-22-34(30)40/h1-22,24-25,41H,23H2/b28-24+,35-25-. The summed E-state index contributed by atoms with van der Waals surface area (Å²) in [6, 6.07) is 44.9. The van der Waals surface area contributed by atoms with Gasteiger partial charge >= 0.3 is 0 Å². The zero-order valence-electron chi connectivity index (χ0n) is 22.4. The Morgan fingerprint density at radius 1 is 0.610 bits per heavy atom. The van der Waals surface area contributed by atoms with Crippen LogP contribution in [0.1, 0.15) is 16.8 Å². The summed E-state index contributed by atoms with van der Waals surface area (Å²) in [5.74, 6) is 0.611. The maximum absolute atomic E-state index is 11.7. The number of hydrogen-bond acceptors (Lipinski definition) is 3. The second kappa shape index (κ2) is 10.6. The van der Waals surface area contributed by atoms with Gasteiger partial charge < -0.3 is 5.11 Å². The number of aliphatic hydroxyl groups excluding tert-OH is 1. The molecule has 5 aromatic carbocycles. The van der Waals surface area contributed by atoms with E-state index < -0.39 is 0 Å². The molecule has 4 nitrogen and oxygen atoms in total. The van der Waals surface area contributed by atoms with Gasteiger partial charge in [-0.15, -0.1) is 0 Å². The second-order valence-corrected chi connectivity index (χ2v) is 10.0. The molecule has 41 heavy (non-hydrogen) atoms. The van der Waals surface area contributed by atoms with E-state index in [9.17, 15) is 5.11 Å². The molecule has 196 valence electrons. The third-order valence-electron chi connectivity index (χ3n) is 7.41. The summed E-state index contributed by atoms with van der Waals surface area (Å²) >= 11 is 0. The second-order valence-electron chi connectivity index (χ2n) is 10.0. The van der Waals surface area contributed by atoms with Crippen LogP contribution in [-0.2, 0) is 6.42 Å². The van der Waals surface area contributed by atoms with Gasteiger partial charge in [0, 0.05) is 16.2 Å². The molecule has 4 heteroatoms. The first-order valence-corrected chi connectivity index (χ1v) is 13.7. The molecular weight excluding hydrogens is 502 g/mol. The van der Waals surface area contributed by atoms with E-state index in [2.05, 4.69) is 59.2 Å². The summed E-state index contributed by atoms with van der Waals surface area (Å²) in [6.45, 7) is 0. The van der Waals surface area contributed by atoms with Crippen molar-refractivity contribution in [3.05, 3.63) is 162 Å². The zero-order chi connectivity index (χ0) is 27.6. The first-order valence-electron chi connectivity index (χ1n) is 13.7. The zero-order valence-corrected chi connectivity index (χ0v) is 22.4. The van der Waals surface area contributed by atoms with Crippen molar-refractivity contribution in [3.8, 4) is 5.95 Å². The van der Waals surface area contributed by atoms with E-state index in [1.54, 1.807) is 0 Å². The highest BCUT2D eigenvalue weighted by atomic mass is 16.3. The topological polar surface area (TPSA) is 50.9 Å². The smallest absolute Gasteiger partial charge is 0.235 e. The number of aliphatic hydroxyl groups is 1. The molecule has 0 atom stereocenters. The summed E-state index contributed by atoms with van der Waals surface area (Å²) in [5, 5.41) is 14.8. The molecule has 0 aliphatic rings. The van der Waals surface area contributed by atoms with Crippen molar-refractivity contribution in [2.24, 2.45) is 0 Å². The monoisotopic (exact) mass is 529 g/mol. The van der Waals surface area contributed by atoms with Crippen LogP contribution < -0.4 is 0 Å². The van der Waals surface area contributed by atoms with Crippen LogP contribution in [0.15, 0.2) is 146 Å². The Bertz CT molecular complexity index is 2020. The average Bonchev–Trinajstić information content (AvgIpc) is 3.38. The maximum Gasteiger partial charge on any atom is 0.235 e. The number of benzene rings is 5. The molecule has 0 aliphatic carbocycles. The Labute approximate surface area is 238 Å². The largest absolute Gasteiger partial charge is 0.506 e. The minimum Gasteiger partial charge on any atom is -0.506 e. The molecule has 7 aromatic rings. The van der Waals surface area contributed by atoms with Crippen LogP contribution in [0.2, 0.25) is 0 Å². The summed E-state index contributed by atoms with van der Waals surface area (Å²) in [4.78, 5) is 9.99. The molecule has 2 aromatic heterocycles. The van der Waals surface area contributed by atoms with Gasteiger partial charge in [-0.1, -0.05) is 121 Å². The molecule has 0 aliphatic heterocycles. The van der Waals surface area contributed by atoms with Crippen LogP contribution in [-0.4, -0.2) is 19.6 Å². The summed E-state index contributed by atoms with van der Waals surface area (Å²) in [5.41, 5.74) is 6.45. The van der Waals surface area contributed by atoms with Crippen molar-refractivity contribution in [3.63, 3.8) is 0 Å². The van der Waals surface area contributed by atoms with Gasteiger partial charge in [-0.2, -0.15) is 0 Å². The van der Waals surface area contributed by atoms with Crippen molar-refractivity contribution in [1.82, 2.24) is 14.5 Å². The van der Waals surface area contributed by atoms with Gasteiger partial charge in [-0.3, -0.25) is 4.57 Å². The molecule has 0 spiro atoms. The van der Waals surface area contributed by atoms with Gasteiger partial charge in [0.2, 0.25) is 5.95 Å². The number of allylic oxidation sites excluding steroid dienone is 3. The van der Waals surface area contributed by atoms with E-state index in [-0.39, 0.29) is 5.76 Å². The minimum absolute atomic E-state index is 0.0915. The van der Waals surface area contributed by atoms with Gasteiger partial charge in [0.15, 0.2) is 0 Å². The molecule has 7 rings (SSSR count). The third kappa shape index (κ3) is 4.66. The lowest BCUT2D eigenvalue weighted by Crippen LogP contribution is -2.05. The summed E-state index contributed by atoms with van der Waals surface area (Å²) in [7, 11) is 0. The molecule has 0 bridgehead atoms. The van der Waals surface area contributed by atoms with E-state index in [0.29, 0.717) is 11.6 Å². The number of hydrogen-bond donors (Lipinski definition) is 1. The fourth-order valence-electron chi connectivity index (χ4n) is 5.45. The quantitative estimate of drug-likeness (QED) is 0.173. The lowest BCUT2D eigenvalue weighted by molar-refractivity contribution is 0.509. The highest BCUT2D eigenvalue weighted by Gasteiger charge is 2.17. The Balaban J connectivity index is 1.42. The predicted molar refractivity (Wildman–Crippen MR) is 169 cm³/mol. The Morgan fingerprint density at radius 2 is 1.17 bits per heavy atom. The van der Waals surface area contributed by atoms with E-state index in [1.807, 2.05) is 91.0 Å². The Hall–Kier alpha value is -5.48. The molecule has 0 fully saturated rings. The highest BCUT2D eigenvalue weighted by molar-refractivity contribution is 6.09. The van der Waals surface area contributed by atoms with Crippen molar-refractivity contribution >= 4 is 44.0 Å². The molecule has 2 heterocycles. The molecule has 0 unspecified atom stereocenters. The molecule has 0 saturated carbocycles. The summed E-state index contributed by atoms with van der Waals surface area (Å²) < 4.78 is 2.08. The summed E-state index contributed by atoms with van der Waals surface area (Å²) in [6.07, 6.45) is 4.72. The van der Waals surface area contributed by atoms with Crippen LogP contribution in [0.3, 0.4) is 0 Å². The van der Waals surface area contributed by atoms with E-state index in [4.69, 9.17) is 9.97 Å². The van der Waals surface area contributed by atoms with Crippen molar-refractivity contribution in [1.29, 1.82) is 0 Å².